The average molecular weight is 636 g/mol. The van der Waals surface area contributed by atoms with Gasteiger partial charge in [-0.3, -0.25) is 34.6 Å². The molecule has 1 saturated heterocycles. The van der Waals surface area contributed by atoms with Crippen LogP contribution in [0.4, 0.5) is 17.1 Å². The number of rotatable bonds is 7. The molecule has 228 valence electrons. The van der Waals surface area contributed by atoms with E-state index in [1.165, 1.54) is 42.6 Å². The fourth-order valence-electron chi connectivity index (χ4n) is 7.29. The van der Waals surface area contributed by atoms with Crippen molar-refractivity contribution in [2.75, 3.05) is 4.90 Å². The third-order valence-electron chi connectivity index (χ3n) is 9.03. The Hall–Kier alpha value is -5.75. The summed E-state index contributed by atoms with van der Waals surface area (Å²) in [6, 6.07) is 24.2. The Kier molecular flexibility index (Phi) is 6.74. The van der Waals surface area contributed by atoms with Crippen molar-refractivity contribution in [2.24, 2.45) is 16.9 Å². The SMILES string of the molecule is O=C(Cc1ccc([N+](=O)[O-])cc1)N/N=C/C12c3ccccc3C(c3ccccc31)C1C(=O)N(c3ccc(Cl)cc3[N+](=O)[O-])C(=O)C12. The van der Waals surface area contributed by atoms with Gasteiger partial charge in [-0.15, -0.1) is 0 Å². The Morgan fingerprint density at radius 2 is 1.52 bits per heavy atom. The number of nitrogens with one attached hydrogen (secondary N) is 1. The molecule has 2 bridgehead atoms. The lowest BCUT2D eigenvalue weighted by Crippen LogP contribution is -2.54. The zero-order chi connectivity index (χ0) is 32.3. The van der Waals surface area contributed by atoms with Gasteiger partial charge >= 0.3 is 0 Å². The molecule has 1 fully saturated rings. The van der Waals surface area contributed by atoms with Crippen LogP contribution in [-0.4, -0.2) is 33.8 Å². The van der Waals surface area contributed by atoms with E-state index in [4.69, 9.17) is 11.6 Å². The molecule has 8 rings (SSSR count). The molecule has 2 atom stereocenters. The van der Waals surface area contributed by atoms with Crippen LogP contribution in [0.2, 0.25) is 5.02 Å². The molecule has 13 heteroatoms. The van der Waals surface area contributed by atoms with Gasteiger partial charge in [-0.05, 0) is 39.9 Å². The monoisotopic (exact) mass is 635 g/mol. The van der Waals surface area contributed by atoms with E-state index in [2.05, 4.69) is 10.5 Å². The Morgan fingerprint density at radius 3 is 2.13 bits per heavy atom. The van der Waals surface area contributed by atoms with E-state index in [0.717, 1.165) is 33.2 Å². The quantitative estimate of drug-likeness (QED) is 0.128. The first kappa shape index (κ1) is 29.0. The molecule has 4 aromatic rings. The van der Waals surface area contributed by atoms with Crippen molar-refractivity contribution in [1.82, 2.24) is 5.43 Å². The third-order valence-corrected chi connectivity index (χ3v) is 9.26. The standard InChI is InChI=1S/C33H22ClN5O7/c34-19-11-14-25(26(16-19)39(45)46)37-31(41)29-28-21-5-1-3-7-23(21)33(30(29)32(37)42,24-8-4-2-6-22(24)28)17-35-36-27(40)15-18-9-12-20(13-10-18)38(43)44/h1-14,16-17,28-30H,15H2,(H,36,40)/b35-17+. The first-order valence-corrected chi connectivity index (χ1v) is 14.6. The summed E-state index contributed by atoms with van der Waals surface area (Å²) in [5.41, 5.74) is 4.10. The van der Waals surface area contributed by atoms with Crippen LogP contribution in [0.15, 0.2) is 96.1 Å². The highest BCUT2D eigenvalue weighted by molar-refractivity contribution is 6.31. The van der Waals surface area contributed by atoms with Gasteiger partial charge in [0.2, 0.25) is 17.7 Å². The highest BCUT2D eigenvalue weighted by Gasteiger charge is 2.68. The van der Waals surface area contributed by atoms with Gasteiger partial charge in [0.25, 0.3) is 11.4 Å². The van der Waals surface area contributed by atoms with E-state index in [1.807, 2.05) is 48.5 Å². The second-order valence-corrected chi connectivity index (χ2v) is 11.8. The fourth-order valence-corrected chi connectivity index (χ4v) is 7.45. The highest BCUT2D eigenvalue weighted by Crippen LogP contribution is 2.64. The van der Waals surface area contributed by atoms with Crippen LogP contribution < -0.4 is 10.3 Å². The molecule has 0 radical (unpaired) electrons. The third kappa shape index (κ3) is 4.21. The summed E-state index contributed by atoms with van der Waals surface area (Å²) < 4.78 is 0. The van der Waals surface area contributed by atoms with Crippen LogP contribution >= 0.6 is 11.6 Å². The Balaban J connectivity index is 1.33. The van der Waals surface area contributed by atoms with Crippen molar-refractivity contribution in [3.05, 3.63) is 144 Å². The lowest BCUT2D eigenvalue weighted by atomic mass is 9.47. The molecule has 46 heavy (non-hydrogen) atoms. The summed E-state index contributed by atoms with van der Waals surface area (Å²) in [6.07, 6.45) is 1.37. The number of carbonyl (C=O) groups is 3. The molecule has 3 amide bonds. The van der Waals surface area contributed by atoms with E-state index in [-0.39, 0.29) is 22.8 Å². The number of nitro benzene ring substituents is 2. The largest absolute Gasteiger partial charge is 0.294 e. The summed E-state index contributed by atoms with van der Waals surface area (Å²) in [5, 5.41) is 27.4. The molecule has 1 N–H and O–H groups in total. The van der Waals surface area contributed by atoms with Gasteiger partial charge in [0.1, 0.15) is 5.69 Å². The number of nitrogens with zero attached hydrogens (tertiary/aromatic N) is 4. The number of imide groups is 1. The summed E-state index contributed by atoms with van der Waals surface area (Å²) in [5.74, 6) is -4.14. The van der Waals surface area contributed by atoms with Gasteiger partial charge in [0.05, 0.1) is 33.5 Å². The van der Waals surface area contributed by atoms with Crippen LogP contribution in [0.25, 0.3) is 0 Å². The minimum absolute atomic E-state index is 0.0833. The number of hydrogen-bond acceptors (Lipinski definition) is 8. The predicted molar refractivity (Wildman–Crippen MR) is 167 cm³/mol. The summed E-state index contributed by atoms with van der Waals surface area (Å²) >= 11 is 6.04. The molecule has 0 saturated carbocycles. The van der Waals surface area contributed by atoms with Crippen LogP contribution in [-0.2, 0) is 26.2 Å². The Bertz CT molecular complexity index is 1980. The molecule has 12 nitrogen and oxygen atoms in total. The Labute approximate surface area is 265 Å². The van der Waals surface area contributed by atoms with Crippen LogP contribution in [0.1, 0.15) is 33.7 Å². The minimum Gasteiger partial charge on any atom is -0.274 e. The molecule has 0 aromatic heterocycles. The van der Waals surface area contributed by atoms with Gasteiger partial charge < -0.3 is 0 Å². The molecule has 0 spiro atoms. The maximum atomic E-state index is 14.5. The Morgan fingerprint density at radius 1 is 0.891 bits per heavy atom. The lowest BCUT2D eigenvalue weighted by molar-refractivity contribution is -0.384. The van der Waals surface area contributed by atoms with Gasteiger partial charge in [0.15, 0.2) is 0 Å². The van der Waals surface area contributed by atoms with Crippen molar-refractivity contribution >= 4 is 52.6 Å². The van der Waals surface area contributed by atoms with Gasteiger partial charge in [0, 0.05) is 35.4 Å². The molecule has 2 unspecified atom stereocenters. The van der Waals surface area contributed by atoms with Crippen LogP contribution in [0.3, 0.4) is 0 Å². The number of nitro groups is 2. The number of carbonyl (C=O) groups excluding carboxylic acids is 3. The molecular formula is C33H22ClN5O7. The normalized spacial score (nSPS) is 22.4. The number of benzene rings is 4. The number of non-ortho nitro benzene ring substituents is 1. The molecule has 4 aliphatic rings. The predicted octanol–water partition coefficient (Wildman–Crippen LogP) is 5.05. The van der Waals surface area contributed by atoms with E-state index >= 15 is 0 Å². The molecule has 1 heterocycles. The maximum Gasteiger partial charge on any atom is 0.294 e. The zero-order valence-electron chi connectivity index (χ0n) is 23.7. The van der Waals surface area contributed by atoms with E-state index in [1.54, 1.807) is 0 Å². The lowest BCUT2D eigenvalue weighted by Gasteiger charge is -2.52. The summed E-state index contributed by atoms with van der Waals surface area (Å²) in [6.45, 7) is 0. The van der Waals surface area contributed by atoms with Crippen molar-refractivity contribution in [2.45, 2.75) is 17.8 Å². The molecule has 3 aliphatic carbocycles. The van der Waals surface area contributed by atoms with Crippen LogP contribution in [0.5, 0.6) is 0 Å². The first-order chi connectivity index (χ1) is 22.1. The first-order valence-electron chi connectivity index (χ1n) is 14.2. The number of halogens is 1. The van der Waals surface area contributed by atoms with E-state index in [9.17, 15) is 34.6 Å². The highest BCUT2D eigenvalue weighted by atomic mass is 35.5. The van der Waals surface area contributed by atoms with Gasteiger partial charge in [-0.1, -0.05) is 72.3 Å². The van der Waals surface area contributed by atoms with Gasteiger partial charge in [-0.2, -0.15) is 5.10 Å². The number of hydrazone groups is 1. The van der Waals surface area contributed by atoms with E-state index < -0.39 is 56.4 Å². The smallest absolute Gasteiger partial charge is 0.274 e. The van der Waals surface area contributed by atoms with Crippen molar-refractivity contribution < 1.29 is 24.2 Å². The maximum absolute atomic E-state index is 14.5. The fraction of sp³-hybridized carbons (Fsp3) is 0.152. The van der Waals surface area contributed by atoms with Crippen molar-refractivity contribution in [1.29, 1.82) is 0 Å². The second-order valence-electron chi connectivity index (χ2n) is 11.3. The zero-order valence-corrected chi connectivity index (χ0v) is 24.5. The van der Waals surface area contributed by atoms with E-state index in [0.29, 0.717) is 5.56 Å². The summed E-state index contributed by atoms with van der Waals surface area (Å²) in [4.78, 5) is 64.4. The number of hydrogen-bond donors (Lipinski definition) is 1. The van der Waals surface area contributed by atoms with Crippen LogP contribution in [0, 0.1) is 32.1 Å². The number of anilines is 1. The topological polar surface area (TPSA) is 165 Å². The minimum atomic E-state index is -1.31. The van der Waals surface area contributed by atoms with Gasteiger partial charge in [-0.25, -0.2) is 10.3 Å². The second kappa shape index (κ2) is 10.7. The average Bonchev–Trinajstić information content (AvgIpc) is 3.31. The van der Waals surface area contributed by atoms with Crippen molar-refractivity contribution in [3.63, 3.8) is 0 Å². The molecular weight excluding hydrogens is 614 g/mol. The van der Waals surface area contributed by atoms with Crippen molar-refractivity contribution in [3.8, 4) is 0 Å². The summed E-state index contributed by atoms with van der Waals surface area (Å²) in [7, 11) is 0. The number of amides is 3. The molecule has 4 aromatic carbocycles. The molecule has 1 aliphatic heterocycles.